The first-order valence-corrected chi connectivity index (χ1v) is 10.4. The van der Waals surface area contributed by atoms with E-state index in [1.54, 1.807) is 12.1 Å². The Balaban J connectivity index is 1.71. The van der Waals surface area contributed by atoms with Gasteiger partial charge in [0.15, 0.2) is 0 Å². The van der Waals surface area contributed by atoms with Crippen LogP contribution in [-0.2, 0) is 20.8 Å². The van der Waals surface area contributed by atoms with Crippen LogP contribution in [0.1, 0.15) is 24.0 Å². The van der Waals surface area contributed by atoms with Crippen molar-refractivity contribution in [2.45, 2.75) is 19.3 Å². The summed E-state index contributed by atoms with van der Waals surface area (Å²) >= 11 is 6.46. The summed E-state index contributed by atoms with van der Waals surface area (Å²) in [6, 6.07) is 15.0. The SMILES string of the molecule is O=C(O)CCCN1C(=O)/C(=C/c2ccc(-c3cccc(CC(=O)O)c3)cc2)SC1=S. The summed E-state index contributed by atoms with van der Waals surface area (Å²) < 4.78 is 0.434. The fourth-order valence-corrected chi connectivity index (χ4v) is 4.35. The van der Waals surface area contributed by atoms with E-state index in [0.29, 0.717) is 22.2 Å². The molecular formula is C22H19NO5S2. The molecule has 1 saturated heterocycles. The van der Waals surface area contributed by atoms with Crippen molar-refractivity contribution in [1.29, 1.82) is 0 Å². The molecule has 8 heteroatoms. The number of aliphatic carboxylic acids is 2. The summed E-state index contributed by atoms with van der Waals surface area (Å²) in [6.07, 6.45) is 2.08. The van der Waals surface area contributed by atoms with Gasteiger partial charge in [-0.15, -0.1) is 0 Å². The van der Waals surface area contributed by atoms with Crippen molar-refractivity contribution in [3.05, 3.63) is 64.6 Å². The van der Waals surface area contributed by atoms with Crippen molar-refractivity contribution in [1.82, 2.24) is 4.90 Å². The number of thioether (sulfide) groups is 1. The predicted molar refractivity (Wildman–Crippen MR) is 120 cm³/mol. The number of carbonyl (C=O) groups is 3. The second-order valence-electron chi connectivity index (χ2n) is 6.72. The molecule has 2 aromatic carbocycles. The van der Waals surface area contributed by atoms with Gasteiger partial charge in [0.05, 0.1) is 11.3 Å². The van der Waals surface area contributed by atoms with Gasteiger partial charge in [0.2, 0.25) is 0 Å². The summed E-state index contributed by atoms with van der Waals surface area (Å²) in [5.74, 6) is -1.98. The Morgan fingerprint density at radius 3 is 2.43 bits per heavy atom. The van der Waals surface area contributed by atoms with E-state index >= 15 is 0 Å². The summed E-state index contributed by atoms with van der Waals surface area (Å²) in [6.45, 7) is 0.292. The maximum atomic E-state index is 12.6. The maximum absolute atomic E-state index is 12.6. The Bertz CT molecular complexity index is 1030. The van der Waals surface area contributed by atoms with Crippen LogP contribution in [0.2, 0.25) is 0 Å². The molecule has 6 nitrogen and oxygen atoms in total. The van der Waals surface area contributed by atoms with Gasteiger partial charge in [-0.3, -0.25) is 19.3 Å². The van der Waals surface area contributed by atoms with Crippen LogP contribution in [0.3, 0.4) is 0 Å². The molecular weight excluding hydrogens is 422 g/mol. The molecule has 0 saturated carbocycles. The third-order valence-electron chi connectivity index (χ3n) is 4.47. The van der Waals surface area contributed by atoms with E-state index in [1.807, 2.05) is 42.5 Å². The maximum Gasteiger partial charge on any atom is 0.307 e. The van der Waals surface area contributed by atoms with Crippen molar-refractivity contribution in [2.75, 3.05) is 6.54 Å². The molecule has 30 heavy (non-hydrogen) atoms. The molecule has 154 valence electrons. The van der Waals surface area contributed by atoms with Gasteiger partial charge in [-0.05, 0) is 34.8 Å². The summed E-state index contributed by atoms with van der Waals surface area (Å²) in [5, 5.41) is 17.7. The Kier molecular flexibility index (Phi) is 7.02. The van der Waals surface area contributed by atoms with E-state index in [-0.39, 0.29) is 18.7 Å². The second-order valence-corrected chi connectivity index (χ2v) is 8.40. The third-order valence-corrected chi connectivity index (χ3v) is 5.85. The van der Waals surface area contributed by atoms with Gasteiger partial charge < -0.3 is 10.2 Å². The smallest absolute Gasteiger partial charge is 0.307 e. The van der Waals surface area contributed by atoms with Gasteiger partial charge in [0.1, 0.15) is 4.32 Å². The van der Waals surface area contributed by atoms with Crippen molar-refractivity contribution < 1.29 is 24.6 Å². The number of carboxylic acids is 2. The number of hydrogen-bond acceptors (Lipinski definition) is 5. The number of amides is 1. The summed E-state index contributed by atoms with van der Waals surface area (Å²) in [4.78, 5) is 36.1. The molecule has 0 unspecified atom stereocenters. The van der Waals surface area contributed by atoms with E-state index in [9.17, 15) is 14.4 Å². The van der Waals surface area contributed by atoms with Crippen molar-refractivity contribution in [3.63, 3.8) is 0 Å². The fourth-order valence-electron chi connectivity index (χ4n) is 3.04. The lowest BCUT2D eigenvalue weighted by molar-refractivity contribution is -0.137. The van der Waals surface area contributed by atoms with Crippen LogP contribution in [0.15, 0.2) is 53.4 Å². The highest BCUT2D eigenvalue weighted by Crippen LogP contribution is 2.33. The minimum atomic E-state index is -0.899. The number of rotatable bonds is 8. The van der Waals surface area contributed by atoms with Crippen LogP contribution in [0.5, 0.6) is 0 Å². The molecule has 1 fully saturated rings. The molecule has 1 aliphatic rings. The highest BCUT2D eigenvalue weighted by Gasteiger charge is 2.31. The van der Waals surface area contributed by atoms with Crippen LogP contribution in [0.25, 0.3) is 17.2 Å². The van der Waals surface area contributed by atoms with Crippen LogP contribution >= 0.6 is 24.0 Å². The Labute approximate surface area is 183 Å². The Morgan fingerprint density at radius 1 is 1.03 bits per heavy atom. The third kappa shape index (κ3) is 5.55. The number of nitrogens with zero attached hydrogens (tertiary/aromatic N) is 1. The predicted octanol–water partition coefficient (Wildman–Crippen LogP) is 4.05. The van der Waals surface area contributed by atoms with Crippen LogP contribution in [0.4, 0.5) is 0 Å². The zero-order valence-corrected chi connectivity index (χ0v) is 17.5. The molecule has 0 aliphatic carbocycles. The van der Waals surface area contributed by atoms with Crippen LogP contribution in [-0.4, -0.2) is 43.8 Å². The minimum Gasteiger partial charge on any atom is -0.481 e. The highest BCUT2D eigenvalue weighted by molar-refractivity contribution is 8.26. The largest absolute Gasteiger partial charge is 0.481 e. The molecule has 1 heterocycles. The van der Waals surface area contributed by atoms with E-state index in [1.165, 1.54) is 16.7 Å². The first kappa shape index (κ1) is 21.7. The topological polar surface area (TPSA) is 94.9 Å². The van der Waals surface area contributed by atoms with Gasteiger partial charge in [-0.1, -0.05) is 72.5 Å². The van der Waals surface area contributed by atoms with Gasteiger partial charge >= 0.3 is 11.9 Å². The number of benzene rings is 2. The summed E-state index contributed by atoms with van der Waals surface area (Å²) in [5.41, 5.74) is 3.44. The van der Waals surface area contributed by atoms with Gasteiger partial charge in [-0.25, -0.2) is 0 Å². The van der Waals surface area contributed by atoms with E-state index in [4.69, 9.17) is 22.4 Å². The molecule has 0 bridgehead atoms. The number of carbonyl (C=O) groups excluding carboxylic acids is 1. The van der Waals surface area contributed by atoms with E-state index in [0.717, 1.165) is 22.3 Å². The average Bonchev–Trinajstić information content (AvgIpc) is 2.95. The second kappa shape index (κ2) is 9.69. The Morgan fingerprint density at radius 2 is 1.77 bits per heavy atom. The zero-order chi connectivity index (χ0) is 21.7. The standard InChI is InChI=1S/C22H19NO5S2/c24-19(25)5-2-10-23-21(28)18(30-22(23)29)12-14-6-8-16(9-7-14)17-4-1-3-15(11-17)13-20(26)27/h1,3-4,6-9,11-12H,2,5,10,13H2,(H,24,25)(H,26,27)/b18-12-. The zero-order valence-electron chi connectivity index (χ0n) is 15.9. The number of thiocarbonyl (C=S) groups is 1. The quantitative estimate of drug-likeness (QED) is 0.471. The van der Waals surface area contributed by atoms with E-state index in [2.05, 4.69) is 0 Å². The van der Waals surface area contributed by atoms with Crippen LogP contribution in [0, 0.1) is 0 Å². The molecule has 1 aliphatic heterocycles. The van der Waals surface area contributed by atoms with Crippen LogP contribution < -0.4 is 0 Å². The molecule has 0 atom stereocenters. The first-order valence-electron chi connectivity index (χ1n) is 9.22. The summed E-state index contributed by atoms with van der Waals surface area (Å²) in [7, 11) is 0. The van der Waals surface area contributed by atoms with Crippen molar-refractivity contribution in [2.24, 2.45) is 0 Å². The van der Waals surface area contributed by atoms with E-state index < -0.39 is 11.9 Å². The fraction of sp³-hybridized carbons (Fsp3) is 0.182. The molecule has 2 N–H and O–H groups in total. The van der Waals surface area contributed by atoms with Gasteiger partial charge in [0.25, 0.3) is 5.91 Å². The van der Waals surface area contributed by atoms with Gasteiger partial charge in [0, 0.05) is 13.0 Å². The Hall–Kier alpha value is -2.97. The van der Waals surface area contributed by atoms with Crippen molar-refractivity contribution >= 4 is 52.2 Å². The lowest BCUT2D eigenvalue weighted by atomic mass is 10.0. The first-order chi connectivity index (χ1) is 14.3. The molecule has 3 rings (SSSR count). The normalized spacial score (nSPS) is 15.1. The monoisotopic (exact) mass is 441 g/mol. The van der Waals surface area contributed by atoms with Gasteiger partial charge in [-0.2, -0.15) is 0 Å². The molecule has 1 amide bonds. The number of carboxylic acid groups (broad SMARTS) is 2. The number of hydrogen-bond donors (Lipinski definition) is 2. The average molecular weight is 442 g/mol. The lowest BCUT2D eigenvalue weighted by Gasteiger charge is -2.13. The lowest BCUT2D eigenvalue weighted by Crippen LogP contribution is -2.29. The molecule has 0 aromatic heterocycles. The molecule has 0 spiro atoms. The molecule has 2 aromatic rings. The molecule has 0 radical (unpaired) electrons. The van der Waals surface area contributed by atoms with Crippen molar-refractivity contribution in [3.8, 4) is 11.1 Å². The minimum absolute atomic E-state index is 0.00870. The highest BCUT2D eigenvalue weighted by atomic mass is 32.2.